The summed E-state index contributed by atoms with van der Waals surface area (Å²) >= 11 is 6.18. The highest BCUT2D eigenvalue weighted by atomic mass is 35.5. The van der Waals surface area contributed by atoms with E-state index in [2.05, 4.69) is 28.5 Å². The van der Waals surface area contributed by atoms with Crippen molar-refractivity contribution < 1.29 is 0 Å². The predicted octanol–water partition coefficient (Wildman–Crippen LogP) is 5.03. The Bertz CT molecular complexity index is 856. The molecule has 0 aliphatic heterocycles. The molecule has 22 heavy (non-hydrogen) atoms. The lowest BCUT2D eigenvalue weighted by Gasteiger charge is -2.07. The Kier molecular flexibility index (Phi) is 4.07. The molecule has 3 rings (SSSR count). The van der Waals surface area contributed by atoms with E-state index < -0.39 is 0 Å². The molecule has 0 atom stereocenters. The van der Waals surface area contributed by atoms with Crippen LogP contribution in [0.2, 0.25) is 5.02 Å². The first-order chi connectivity index (χ1) is 10.6. The zero-order chi connectivity index (χ0) is 15.5. The second-order valence-corrected chi connectivity index (χ2v) is 5.54. The predicted molar refractivity (Wildman–Crippen MR) is 93.8 cm³/mol. The van der Waals surface area contributed by atoms with Gasteiger partial charge in [0, 0.05) is 16.0 Å². The first-order valence-corrected chi connectivity index (χ1v) is 7.44. The van der Waals surface area contributed by atoms with Crippen LogP contribution in [0.4, 0.5) is 5.82 Å². The molecule has 0 unspecified atom stereocenters. The Labute approximate surface area is 134 Å². The second-order valence-electron chi connectivity index (χ2n) is 5.13. The Hall–Kier alpha value is -2.39. The maximum atomic E-state index is 6.18. The van der Waals surface area contributed by atoms with Gasteiger partial charge in [0.2, 0.25) is 0 Å². The molecular weight excluding hydrogens is 294 g/mol. The molecule has 0 fully saturated rings. The molecule has 0 aliphatic carbocycles. The van der Waals surface area contributed by atoms with Crippen LogP contribution in [0.3, 0.4) is 0 Å². The lowest BCUT2D eigenvalue weighted by Crippen LogP contribution is -2.02. The first kappa shape index (κ1) is 14.5. The molecule has 110 valence electrons. The third kappa shape index (κ3) is 2.95. The number of anilines is 1. The van der Waals surface area contributed by atoms with Crippen molar-refractivity contribution in [3.05, 3.63) is 70.7 Å². The number of halogens is 1. The monoisotopic (exact) mass is 309 g/mol. The van der Waals surface area contributed by atoms with E-state index >= 15 is 0 Å². The van der Waals surface area contributed by atoms with Crippen LogP contribution in [0, 0.1) is 6.92 Å². The zero-order valence-corrected chi connectivity index (χ0v) is 13.2. The van der Waals surface area contributed by atoms with Crippen LogP contribution in [-0.4, -0.2) is 10.7 Å². The number of aryl methyl sites for hydroxylation is 1. The Morgan fingerprint density at radius 2 is 1.82 bits per heavy atom. The summed E-state index contributed by atoms with van der Waals surface area (Å²) in [5.41, 5.74) is 6.87. The maximum absolute atomic E-state index is 6.18. The van der Waals surface area contributed by atoms with Crippen LogP contribution >= 0.6 is 11.6 Å². The number of aromatic nitrogens is 1. The Morgan fingerprint density at radius 1 is 1.09 bits per heavy atom. The third-order valence-electron chi connectivity index (χ3n) is 3.52. The van der Waals surface area contributed by atoms with Crippen LogP contribution in [0.5, 0.6) is 0 Å². The minimum Gasteiger partial charge on any atom is -0.261 e. The van der Waals surface area contributed by atoms with Gasteiger partial charge >= 0.3 is 0 Å². The van der Waals surface area contributed by atoms with Crippen molar-refractivity contribution in [1.29, 1.82) is 0 Å². The molecule has 0 radical (unpaired) electrons. The summed E-state index contributed by atoms with van der Waals surface area (Å²) in [6, 6.07) is 17.7. The number of nitrogens with one attached hydrogen (secondary N) is 1. The van der Waals surface area contributed by atoms with Crippen molar-refractivity contribution in [2.75, 3.05) is 5.43 Å². The minimum absolute atomic E-state index is 0.688. The van der Waals surface area contributed by atoms with Gasteiger partial charge in [0.05, 0.1) is 11.2 Å². The zero-order valence-electron chi connectivity index (χ0n) is 12.5. The molecule has 0 spiro atoms. The fourth-order valence-corrected chi connectivity index (χ4v) is 2.64. The quantitative estimate of drug-likeness (QED) is 0.544. The molecular formula is C18H16ClN3. The number of nitrogens with zero attached hydrogens (tertiary/aromatic N) is 2. The van der Waals surface area contributed by atoms with E-state index in [0.717, 1.165) is 28.0 Å². The van der Waals surface area contributed by atoms with E-state index in [4.69, 9.17) is 11.6 Å². The summed E-state index contributed by atoms with van der Waals surface area (Å²) in [5.74, 6) is 0.725. The van der Waals surface area contributed by atoms with Gasteiger partial charge in [-0.05, 0) is 37.6 Å². The van der Waals surface area contributed by atoms with Crippen LogP contribution in [0.15, 0.2) is 59.7 Å². The lowest BCUT2D eigenvalue weighted by molar-refractivity contribution is 1.24. The highest BCUT2D eigenvalue weighted by Gasteiger charge is 2.04. The maximum Gasteiger partial charge on any atom is 0.147 e. The second kappa shape index (κ2) is 6.16. The topological polar surface area (TPSA) is 37.3 Å². The van der Waals surface area contributed by atoms with Gasteiger partial charge in [-0.2, -0.15) is 5.10 Å². The van der Waals surface area contributed by atoms with Crippen LogP contribution in [-0.2, 0) is 0 Å². The number of rotatable bonds is 3. The van der Waals surface area contributed by atoms with E-state index in [1.165, 1.54) is 5.56 Å². The summed E-state index contributed by atoms with van der Waals surface area (Å²) in [7, 11) is 0. The van der Waals surface area contributed by atoms with E-state index in [9.17, 15) is 0 Å². The number of para-hydroxylation sites is 1. The summed E-state index contributed by atoms with van der Waals surface area (Å²) in [5, 5.41) is 6.23. The van der Waals surface area contributed by atoms with Gasteiger partial charge in [-0.1, -0.05) is 48.0 Å². The van der Waals surface area contributed by atoms with E-state index in [1.54, 1.807) is 0 Å². The highest BCUT2D eigenvalue weighted by Crippen LogP contribution is 2.20. The number of hydrazone groups is 1. The Balaban J connectivity index is 1.90. The van der Waals surface area contributed by atoms with Gasteiger partial charge < -0.3 is 0 Å². The average Bonchev–Trinajstić information content (AvgIpc) is 2.53. The third-order valence-corrected chi connectivity index (χ3v) is 3.85. The van der Waals surface area contributed by atoms with Crippen molar-refractivity contribution in [3.8, 4) is 0 Å². The molecule has 0 amide bonds. The number of fused-ring (bicyclic) bond motifs is 1. The summed E-state index contributed by atoms with van der Waals surface area (Å²) in [4.78, 5) is 4.57. The van der Waals surface area contributed by atoms with Crippen LogP contribution in [0.25, 0.3) is 10.9 Å². The summed E-state index contributed by atoms with van der Waals surface area (Å²) in [6.07, 6.45) is 0. The largest absolute Gasteiger partial charge is 0.261 e. The molecule has 3 nitrogen and oxygen atoms in total. The summed E-state index contributed by atoms with van der Waals surface area (Å²) < 4.78 is 0. The van der Waals surface area contributed by atoms with E-state index in [0.29, 0.717) is 5.02 Å². The molecule has 0 aliphatic rings. The van der Waals surface area contributed by atoms with Gasteiger partial charge in [0.1, 0.15) is 5.82 Å². The molecule has 1 N–H and O–H groups in total. The normalized spacial score (nSPS) is 11.7. The fourth-order valence-electron chi connectivity index (χ4n) is 2.36. The molecule has 0 saturated carbocycles. The van der Waals surface area contributed by atoms with Crippen molar-refractivity contribution in [3.63, 3.8) is 0 Å². The van der Waals surface area contributed by atoms with Crippen LogP contribution < -0.4 is 5.43 Å². The number of hydrogen-bond donors (Lipinski definition) is 1. The van der Waals surface area contributed by atoms with Gasteiger partial charge in [0.25, 0.3) is 0 Å². The standard InChI is InChI=1S/C18H16ClN3/c1-12-11-18(20-17-10-6-4-7-14(12)17)22-21-13(2)15-8-3-5-9-16(15)19/h3-11H,1-2H3,(H,20,22)/b21-13+. The van der Waals surface area contributed by atoms with Gasteiger partial charge in [0.15, 0.2) is 0 Å². The fraction of sp³-hybridized carbons (Fsp3) is 0.111. The van der Waals surface area contributed by atoms with Crippen molar-refractivity contribution >= 4 is 34.0 Å². The highest BCUT2D eigenvalue weighted by molar-refractivity contribution is 6.34. The molecule has 1 aromatic heterocycles. The van der Waals surface area contributed by atoms with Crippen molar-refractivity contribution in [2.45, 2.75) is 13.8 Å². The molecule has 0 saturated heterocycles. The van der Waals surface area contributed by atoms with Crippen molar-refractivity contribution in [1.82, 2.24) is 4.98 Å². The van der Waals surface area contributed by atoms with E-state index in [1.807, 2.05) is 55.5 Å². The van der Waals surface area contributed by atoms with E-state index in [-0.39, 0.29) is 0 Å². The summed E-state index contributed by atoms with van der Waals surface area (Å²) in [6.45, 7) is 3.99. The number of benzene rings is 2. The van der Waals surface area contributed by atoms with Gasteiger partial charge in [-0.3, -0.25) is 5.43 Å². The molecule has 2 aromatic carbocycles. The van der Waals surface area contributed by atoms with Gasteiger partial charge in [-0.25, -0.2) is 4.98 Å². The first-order valence-electron chi connectivity index (χ1n) is 7.07. The SMILES string of the molecule is C/C(=N\Nc1cc(C)c2ccccc2n1)c1ccccc1Cl. The number of hydrogen-bond acceptors (Lipinski definition) is 3. The smallest absolute Gasteiger partial charge is 0.147 e. The van der Waals surface area contributed by atoms with Crippen molar-refractivity contribution in [2.24, 2.45) is 5.10 Å². The lowest BCUT2D eigenvalue weighted by atomic mass is 10.1. The molecule has 4 heteroatoms. The minimum atomic E-state index is 0.688. The molecule has 0 bridgehead atoms. The Morgan fingerprint density at radius 3 is 2.64 bits per heavy atom. The molecule has 3 aromatic rings. The number of pyridine rings is 1. The average molecular weight is 310 g/mol. The molecule has 1 heterocycles. The van der Waals surface area contributed by atoms with Gasteiger partial charge in [-0.15, -0.1) is 0 Å². The van der Waals surface area contributed by atoms with Crippen LogP contribution in [0.1, 0.15) is 18.1 Å².